The van der Waals surface area contributed by atoms with Crippen molar-refractivity contribution in [3.8, 4) is 0 Å². The number of amides is 2. The third-order valence-electron chi connectivity index (χ3n) is 5.40. The van der Waals surface area contributed by atoms with Crippen molar-refractivity contribution in [3.05, 3.63) is 47.4 Å². The summed E-state index contributed by atoms with van der Waals surface area (Å²) in [5.74, 6) is 0.643. The lowest BCUT2D eigenvalue weighted by Crippen LogP contribution is -2.38. The van der Waals surface area contributed by atoms with E-state index in [2.05, 4.69) is 24.5 Å². The van der Waals surface area contributed by atoms with Crippen LogP contribution in [0.2, 0.25) is 0 Å². The first-order valence-corrected chi connectivity index (χ1v) is 12.8. The minimum absolute atomic E-state index is 0.0620. The molecule has 1 aliphatic rings. The van der Waals surface area contributed by atoms with Gasteiger partial charge in [0.2, 0.25) is 0 Å². The number of carbonyl (C=O) groups excluding carboxylic acids is 2. The molecule has 2 amide bonds. The van der Waals surface area contributed by atoms with Gasteiger partial charge < -0.3 is 39.4 Å². The van der Waals surface area contributed by atoms with Crippen LogP contribution in [-0.2, 0) is 18.9 Å². The molecule has 2 unspecified atom stereocenters. The predicted octanol–water partition coefficient (Wildman–Crippen LogP) is 3.78. The summed E-state index contributed by atoms with van der Waals surface area (Å²) in [6.45, 7) is 11.7. The second-order valence-electron chi connectivity index (χ2n) is 8.93. The van der Waals surface area contributed by atoms with Crippen LogP contribution in [0.1, 0.15) is 41.0 Å². The molecule has 0 spiro atoms. The van der Waals surface area contributed by atoms with Crippen molar-refractivity contribution in [3.63, 3.8) is 0 Å². The van der Waals surface area contributed by atoms with E-state index in [0.717, 1.165) is 24.2 Å². The number of epoxide rings is 1. The summed E-state index contributed by atoms with van der Waals surface area (Å²) in [4.78, 5) is 27.1. The van der Waals surface area contributed by atoms with Crippen molar-refractivity contribution in [1.29, 1.82) is 0 Å². The van der Waals surface area contributed by atoms with Crippen molar-refractivity contribution < 1.29 is 28.5 Å². The van der Waals surface area contributed by atoms with E-state index >= 15 is 0 Å². The fourth-order valence-corrected chi connectivity index (χ4v) is 3.27. The van der Waals surface area contributed by atoms with E-state index in [0.29, 0.717) is 31.5 Å². The van der Waals surface area contributed by atoms with Gasteiger partial charge in [-0.1, -0.05) is 32.1 Å². The highest BCUT2D eigenvalue weighted by Crippen LogP contribution is 2.25. The van der Waals surface area contributed by atoms with Gasteiger partial charge >= 0.3 is 12.2 Å². The van der Waals surface area contributed by atoms with Gasteiger partial charge in [-0.3, -0.25) is 0 Å². The Bertz CT molecular complexity index is 837. The zero-order valence-electron chi connectivity index (χ0n) is 23.7. The third-order valence-corrected chi connectivity index (χ3v) is 5.40. The van der Waals surface area contributed by atoms with E-state index in [1.54, 1.807) is 28.1 Å². The molecule has 0 bridgehead atoms. The highest BCUT2D eigenvalue weighted by Gasteiger charge is 2.38. The van der Waals surface area contributed by atoms with Crippen LogP contribution in [0.15, 0.2) is 47.4 Å². The zero-order valence-corrected chi connectivity index (χ0v) is 23.7. The molecule has 10 nitrogen and oxygen atoms in total. The molecule has 2 N–H and O–H groups in total. The Morgan fingerprint density at radius 3 is 2.19 bits per heavy atom. The maximum atomic E-state index is 12.5. The molecule has 0 aliphatic carbocycles. The maximum Gasteiger partial charge on any atom is 0.409 e. The maximum absolute atomic E-state index is 12.5. The van der Waals surface area contributed by atoms with Crippen LogP contribution in [-0.4, -0.2) is 94.4 Å². The number of ether oxygens (including phenoxy) is 4. The third kappa shape index (κ3) is 12.7. The highest BCUT2D eigenvalue weighted by atomic mass is 16.6. The number of allylic oxidation sites excluding steroid dienone is 4. The Morgan fingerprint density at radius 2 is 1.65 bits per heavy atom. The Hall–Kier alpha value is -2.98. The summed E-state index contributed by atoms with van der Waals surface area (Å²) in [5, 5.41) is 6.81. The Morgan fingerprint density at radius 1 is 1.03 bits per heavy atom. The van der Waals surface area contributed by atoms with Crippen LogP contribution in [0, 0.1) is 0 Å². The summed E-state index contributed by atoms with van der Waals surface area (Å²) in [5.41, 5.74) is 1.51. The summed E-state index contributed by atoms with van der Waals surface area (Å²) in [6.07, 6.45) is 9.39. The topological polar surface area (TPSA) is 105 Å². The summed E-state index contributed by atoms with van der Waals surface area (Å²) >= 11 is 0. The highest BCUT2D eigenvalue weighted by molar-refractivity contribution is 5.68. The van der Waals surface area contributed by atoms with Gasteiger partial charge in [-0.05, 0) is 51.5 Å². The van der Waals surface area contributed by atoms with E-state index in [-0.39, 0.29) is 18.9 Å². The molecular weight excluding hydrogens is 476 g/mol. The first kappa shape index (κ1) is 32.0. The van der Waals surface area contributed by atoms with Gasteiger partial charge in [-0.25, -0.2) is 9.59 Å². The molecule has 37 heavy (non-hydrogen) atoms. The molecule has 0 aromatic heterocycles. The van der Waals surface area contributed by atoms with E-state index < -0.39 is 12.2 Å². The number of likely N-dealkylation sites (N-methyl/N-ethyl adjacent to an activating group) is 2. The van der Waals surface area contributed by atoms with Crippen LogP contribution < -0.4 is 10.6 Å². The van der Waals surface area contributed by atoms with Gasteiger partial charge in [-0.15, -0.1) is 0 Å². The number of nitrogens with zero attached hydrogens (tertiary/aromatic N) is 2. The first-order valence-electron chi connectivity index (χ1n) is 12.8. The normalized spacial score (nSPS) is 18.1. The Labute approximate surface area is 222 Å². The lowest BCUT2D eigenvalue weighted by atomic mass is 10.2. The molecule has 0 aromatic carbocycles. The van der Waals surface area contributed by atoms with Crippen LogP contribution in [0.5, 0.6) is 0 Å². The molecule has 2 atom stereocenters. The molecule has 10 heteroatoms. The van der Waals surface area contributed by atoms with Crippen molar-refractivity contribution in [2.75, 3.05) is 54.1 Å². The molecule has 210 valence electrons. The smallest absolute Gasteiger partial charge is 0.409 e. The second kappa shape index (κ2) is 17.5. The molecule has 1 fully saturated rings. The predicted molar refractivity (Wildman–Crippen MR) is 145 cm³/mol. The van der Waals surface area contributed by atoms with Crippen LogP contribution in [0.3, 0.4) is 0 Å². The number of nitrogens with one attached hydrogen (secondary N) is 2. The van der Waals surface area contributed by atoms with Crippen LogP contribution in [0.25, 0.3) is 0 Å². The Balaban J connectivity index is 2.83. The molecule has 0 saturated carbocycles. The number of hydrogen-bond acceptors (Lipinski definition) is 8. The Kier molecular flexibility index (Phi) is 15.1. The standard InChI is InChI=1S/C27H46N4O6/c1-9-12-21(19-36-27(33)31(7)17-16-30(6)26(32)35-11-3)18-22(23(34-8)13-10-2)29-25-24(37-25)14-15-28-20(4)5/h9-10,12-13,18,20,24-25,28-29H,11,14-17,19H2,1-8H3/b12-9+,13-10-,21-18+,23-22-. The van der Waals surface area contributed by atoms with E-state index in [9.17, 15) is 9.59 Å². The molecule has 0 radical (unpaired) electrons. The second-order valence-corrected chi connectivity index (χ2v) is 8.93. The summed E-state index contributed by atoms with van der Waals surface area (Å²) < 4.78 is 21.9. The van der Waals surface area contributed by atoms with Crippen molar-refractivity contribution in [1.82, 2.24) is 20.4 Å². The van der Waals surface area contributed by atoms with Gasteiger partial charge in [-0.2, -0.15) is 0 Å². The molecule has 1 aliphatic heterocycles. The number of hydrogen-bond donors (Lipinski definition) is 2. The average Bonchev–Trinajstić information content (AvgIpc) is 3.60. The van der Waals surface area contributed by atoms with Crippen LogP contribution in [0.4, 0.5) is 9.59 Å². The van der Waals surface area contributed by atoms with Gasteiger partial charge in [0.15, 0.2) is 6.23 Å². The zero-order chi connectivity index (χ0) is 27.8. The number of rotatable bonds is 16. The average molecular weight is 523 g/mol. The lowest BCUT2D eigenvalue weighted by molar-refractivity contribution is 0.102. The van der Waals surface area contributed by atoms with Crippen molar-refractivity contribution in [2.45, 2.75) is 59.4 Å². The largest absolute Gasteiger partial charge is 0.495 e. The lowest BCUT2D eigenvalue weighted by Gasteiger charge is -2.21. The van der Waals surface area contributed by atoms with Crippen molar-refractivity contribution in [2.24, 2.45) is 0 Å². The minimum atomic E-state index is -0.491. The molecular formula is C27H46N4O6. The fourth-order valence-electron chi connectivity index (χ4n) is 3.27. The molecule has 0 aromatic rings. The van der Waals surface area contributed by atoms with Gasteiger partial charge in [0.05, 0.1) is 19.4 Å². The van der Waals surface area contributed by atoms with E-state index in [1.165, 1.54) is 9.80 Å². The number of carbonyl (C=O) groups is 2. The first-order chi connectivity index (χ1) is 17.7. The minimum Gasteiger partial charge on any atom is -0.495 e. The molecule has 1 saturated heterocycles. The summed E-state index contributed by atoms with van der Waals surface area (Å²) in [7, 11) is 4.86. The van der Waals surface area contributed by atoms with Crippen molar-refractivity contribution >= 4 is 12.2 Å². The van der Waals surface area contributed by atoms with E-state index in [4.69, 9.17) is 18.9 Å². The summed E-state index contributed by atoms with van der Waals surface area (Å²) in [6, 6.07) is 0.432. The monoisotopic (exact) mass is 522 g/mol. The van der Waals surface area contributed by atoms with Gasteiger partial charge in [0.1, 0.15) is 18.5 Å². The molecule has 1 rings (SSSR count). The molecule has 1 heterocycles. The fraction of sp³-hybridized carbons (Fsp3) is 0.630. The quantitative estimate of drug-likeness (QED) is 0.179. The SMILES string of the molecule is C\C=C/C(OC)=C(\C=C(/C=C/C)COC(=O)N(C)CCN(C)C(=O)OCC)NC1OC1CCNC(C)C. The van der Waals surface area contributed by atoms with Gasteiger partial charge in [0, 0.05) is 33.2 Å². The van der Waals surface area contributed by atoms with Crippen LogP contribution >= 0.6 is 0 Å². The van der Waals surface area contributed by atoms with E-state index in [1.807, 2.05) is 44.2 Å². The number of methoxy groups -OCH3 is 1. The van der Waals surface area contributed by atoms with Gasteiger partial charge in [0.25, 0.3) is 0 Å².